The number of hydrogen-bond donors (Lipinski definition) is 1. The van der Waals surface area contributed by atoms with E-state index in [1.165, 1.54) is 38.4 Å². The van der Waals surface area contributed by atoms with E-state index in [2.05, 4.69) is 132 Å². The number of aromatic nitrogens is 2. The van der Waals surface area contributed by atoms with E-state index in [9.17, 15) is 4.79 Å². The molecule has 2 heterocycles. The highest BCUT2D eigenvalue weighted by atomic mass is 16.1. The van der Waals surface area contributed by atoms with Crippen LogP contribution in [-0.4, -0.2) is 15.5 Å². The predicted octanol–water partition coefficient (Wildman–Crippen LogP) is 8.99. The summed E-state index contributed by atoms with van der Waals surface area (Å²) in [5, 5.41) is 5.72. The first-order valence-electron chi connectivity index (χ1n) is 16.7. The highest BCUT2D eigenvalue weighted by Crippen LogP contribution is 2.47. The number of carbonyl (C=O) groups is 1. The lowest BCUT2D eigenvalue weighted by atomic mass is 9.68. The van der Waals surface area contributed by atoms with Gasteiger partial charge in [0.05, 0.1) is 22.7 Å². The topological polar surface area (TPSA) is 60.9 Å². The molecule has 0 aromatic heterocycles. The van der Waals surface area contributed by atoms with Gasteiger partial charge in [-0.3, -0.25) is 4.79 Å². The molecule has 2 unspecified atom stereocenters. The molecule has 3 aliphatic rings. The van der Waals surface area contributed by atoms with Gasteiger partial charge in [-0.2, -0.15) is 0 Å². The van der Waals surface area contributed by atoms with Crippen LogP contribution in [0.15, 0.2) is 140 Å². The number of amides is 1. The molecule has 48 heavy (non-hydrogen) atoms. The fourth-order valence-electron chi connectivity index (χ4n) is 8.26. The van der Waals surface area contributed by atoms with Gasteiger partial charge in [-0.1, -0.05) is 115 Å². The van der Waals surface area contributed by atoms with Gasteiger partial charge in [-0.15, -0.1) is 0 Å². The first-order valence-corrected chi connectivity index (χ1v) is 16.7. The van der Waals surface area contributed by atoms with Crippen molar-refractivity contribution in [1.82, 2.24) is 9.55 Å². The molecule has 2 N–H and O–H groups in total. The summed E-state index contributed by atoms with van der Waals surface area (Å²) in [5.74, 6) is -0.735. The Morgan fingerprint density at radius 3 is 2.40 bits per heavy atom. The Morgan fingerprint density at radius 1 is 0.812 bits per heavy atom. The molecule has 1 radical (unpaired) electrons. The van der Waals surface area contributed by atoms with Gasteiger partial charge in [-0.05, 0) is 93.2 Å². The van der Waals surface area contributed by atoms with Gasteiger partial charge in [0.1, 0.15) is 0 Å². The molecule has 2 atom stereocenters. The zero-order valence-corrected chi connectivity index (χ0v) is 26.6. The minimum atomic E-state index is -0.450. The lowest BCUT2D eigenvalue weighted by Crippen LogP contribution is -2.45. The van der Waals surface area contributed by atoms with Gasteiger partial charge in [0.15, 0.2) is 0 Å². The van der Waals surface area contributed by atoms with Crippen LogP contribution in [0.1, 0.15) is 40.2 Å². The Balaban J connectivity index is 1.21. The molecule has 4 heteroatoms. The molecule has 2 aliphatic heterocycles. The predicted molar refractivity (Wildman–Crippen MR) is 194 cm³/mol. The van der Waals surface area contributed by atoms with Crippen molar-refractivity contribution < 1.29 is 4.79 Å². The van der Waals surface area contributed by atoms with Crippen LogP contribution in [0.25, 0.3) is 43.7 Å². The van der Waals surface area contributed by atoms with Gasteiger partial charge >= 0.3 is 0 Å². The first kappa shape index (κ1) is 28.5. The van der Waals surface area contributed by atoms with E-state index in [0.717, 1.165) is 52.4 Å². The van der Waals surface area contributed by atoms with Gasteiger partial charge < -0.3 is 10.3 Å². The van der Waals surface area contributed by atoms with E-state index < -0.39 is 11.5 Å². The number of nitrogens with zero attached hydrogens (tertiary/aromatic N) is 2. The second-order valence-electron chi connectivity index (χ2n) is 13.4. The number of benzene rings is 6. The molecule has 1 aliphatic carbocycles. The van der Waals surface area contributed by atoms with Crippen molar-refractivity contribution in [2.75, 3.05) is 0 Å². The monoisotopic (exact) mass is 620 g/mol. The Morgan fingerprint density at radius 2 is 1.58 bits per heavy atom. The molecule has 6 aromatic carbocycles. The highest BCUT2D eigenvalue weighted by Gasteiger charge is 2.43. The van der Waals surface area contributed by atoms with E-state index in [-0.39, 0.29) is 5.91 Å². The zero-order chi connectivity index (χ0) is 32.2. The van der Waals surface area contributed by atoms with Crippen molar-refractivity contribution in [2.24, 2.45) is 5.73 Å². The average Bonchev–Trinajstić information content (AvgIpc) is 3.50. The third kappa shape index (κ3) is 4.75. The summed E-state index contributed by atoms with van der Waals surface area (Å²) >= 11 is 0. The maximum absolute atomic E-state index is 13.6. The second-order valence-corrected chi connectivity index (χ2v) is 13.4. The molecular formula is C44H34N3O. The van der Waals surface area contributed by atoms with Crippen LogP contribution in [0.2, 0.25) is 0 Å². The van der Waals surface area contributed by atoms with Crippen LogP contribution in [0.3, 0.4) is 0 Å². The summed E-state index contributed by atoms with van der Waals surface area (Å²) in [5.41, 5.74) is 14.9. The third-order valence-corrected chi connectivity index (χ3v) is 10.5. The molecule has 0 bridgehead atoms. The summed E-state index contributed by atoms with van der Waals surface area (Å²) in [4.78, 5) is 18.5. The number of pyridine rings is 1. The Hall–Kier alpha value is -5.74. The molecular weight excluding hydrogens is 587 g/mol. The van der Waals surface area contributed by atoms with Gasteiger partial charge in [0, 0.05) is 23.3 Å². The molecule has 9 rings (SSSR count). The van der Waals surface area contributed by atoms with Gasteiger partial charge in [0.2, 0.25) is 5.91 Å². The largest absolute Gasteiger partial charge is 0.369 e. The van der Waals surface area contributed by atoms with E-state index in [0.29, 0.717) is 6.42 Å². The maximum atomic E-state index is 13.6. The van der Waals surface area contributed by atoms with Crippen molar-refractivity contribution in [2.45, 2.75) is 37.1 Å². The number of rotatable bonds is 6. The van der Waals surface area contributed by atoms with Crippen LogP contribution in [0, 0.1) is 6.07 Å². The number of carbonyl (C=O) groups excluding carboxylic acids is 1. The minimum Gasteiger partial charge on any atom is -0.369 e. The van der Waals surface area contributed by atoms with E-state index in [1.54, 1.807) is 0 Å². The molecule has 0 saturated heterocycles. The molecule has 0 spiro atoms. The quantitative estimate of drug-likeness (QED) is 0.189. The normalized spacial score (nSPS) is 17.6. The Bertz CT molecular complexity index is 2450. The standard InChI is InChI=1S/C44H34N3O/c45-43(48)39-27-44(25-30-11-5-2-6-12-30,47-22-21-36-35-13-7-8-14-40(35)46-41(36)28-47)26-33-18-19-34-37(42(33)39)20-17-32-16-15-31(24-38(32)34)23-29-9-3-1-4-10-29/h1-12,14-22,24,28,39H,23,25-27H2,(H2,45,48). The lowest BCUT2D eigenvalue weighted by Gasteiger charge is -2.44. The SMILES string of the molecule is NC(=O)C1CC(Cc2ccccc2)(n2ccc3c4[c]cccc4nc-3c2)Cc2ccc3c(ccc4ccc(Cc5ccccc5)cc43)c21. The number of nitrogens with two attached hydrogens (primary N) is 1. The van der Waals surface area contributed by atoms with E-state index in [1.807, 2.05) is 18.2 Å². The molecule has 0 fully saturated rings. The average molecular weight is 621 g/mol. The summed E-state index contributed by atoms with van der Waals surface area (Å²) in [6, 6.07) is 48.3. The maximum Gasteiger partial charge on any atom is 0.225 e. The molecule has 1 amide bonds. The molecule has 231 valence electrons. The summed E-state index contributed by atoms with van der Waals surface area (Å²) in [6.45, 7) is 0. The first-order chi connectivity index (χ1) is 23.5. The van der Waals surface area contributed by atoms with E-state index in [4.69, 9.17) is 10.7 Å². The van der Waals surface area contributed by atoms with Crippen LogP contribution in [-0.2, 0) is 29.6 Å². The fraction of sp³-hybridized carbons (Fsp3) is 0.136. The number of primary amides is 1. The van der Waals surface area contributed by atoms with Crippen molar-refractivity contribution in [3.8, 4) is 11.3 Å². The van der Waals surface area contributed by atoms with Gasteiger partial charge in [0.25, 0.3) is 0 Å². The smallest absolute Gasteiger partial charge is 0.225 e. The van der Waals surface area contributed by atoms with Crippen molar-refractivity contribution in [3.63, 3.8) is 0 Å². The Kier molecular flexibility index (Phi) is 6.65. The molecule has 0 saturated carbocycles. The highest BCUT2D eigenvalue weighted by molar-refractivity contribution is 6.10. The van der Waals surface area contributed by atoms with Crippen molar-refractivity contribution >= 4 is 38.4 Å². The van der Waals surface area contributed by atoms with Crippen molar-refractivity contribution in [3.05, 3.63) is 174 Å². The lowest BCUT2D eigenvalue weighted by molar-refractivity contribution is -0.120. The fourth-order valence-corrected chi connectivity index (χ4v) is 8.26. The molecule has 6 aromatic rings. The number of hydrogen-bond acceptors (Lipinski definition) is 2. The van der Waals surface area contributed by atoms with Crippen molar-refractivity contribution in [1.29, 1.82) is 0 Å². The van der Waals surface area contributed by atoms with Crippen LogP contribution < -0.4 is 5.73 Å². The molecule has 4 nitrogen and oxygen atoms in total. The van der Waals surface area contributed by atoms with Gasteiger partial charge in [-0.25, -0.2) is 4.98 Å². The second kappa shape index (κ2) is 11.2. The number of fused-ring (bicyclic) bond motifs is 8. The van der Waals surface area contributed by atoms with Crippen LogP contribution in [0.4, 0.5) is 0 Å². The summed E-state index contributed by atoms with van der Waals surface area (Å²) < 4.78 is 2.31. The minimum absolute atomic E-state index is 0.285. The van der Waals surface area contributed by atoms with E-state index >= 15 is 0 Å². The summed E-state index contributed by atoms with van der Waals surface area (Å²) in [7, 11) is 0. The van der Waals surface area contributed by atoms with Crippen LogP contribution >= 0.6 is 0 Å². The zero-order valence-electron chi connectivity index (χ0n) is 26.6. The third-order valence-electron chi connectivity index (χ3n) is 10.5. The Labute approximate surface area is 279 Å². The van der Waals surface area contributed by atoms with Crippen LogP contribution in [0.5, 0.6) is 0 Å². The summed E-state index contributed by atoms with van der Waals surface area (Å²) in [6.07, 6.45) is 7.33.